The molecule has 206 valence electrons. The van der Waals surface area contributed by atoms with Gasteiger partial charge in [-0.3, -0.25) is 4.79 Å². The van der Waals surface area contributed by atoms with Crippen molar-refractivity contribution in [2.24, 2.45) is 0 Å². The molecule has 1 N–H and O–H groups in total. The number of hydrogen-bond acceptors (Lipinski definition) is 4. The Labute approximate surface area is 234 Å². The van der Waals surface area contributed by atoms with Crippen LogP contribution in [0, 0.1) is 0 Å². The first-order valence-electron chi connectivity index (χ1n) is 14.4. The van der Waals surface area contributed by atoms with E-state index < -0.39 is 0 Å². The SMILES string of the molecule is CCCCn1c(SCCCC(=O)NC(C)CCCN(CC)CC)nc(-c2ccccc2)c1-c1ccccc1. The molecule has 1 atom stereocenters. The Hall–Kier alpha value is -2.57. The molecular weight excluding hydrogens is 488 g/mol. The summed E-state index contributed by atoms with van der Waals surface area (Å²) in [6, 6.07) is 21.3. The van der Waals surface area contributed by atoms with Crippen molar-refractivity contribution in [2.75, 3.05) is 25.4 Å². The molecule has 1 amide bonds. The van der Waals surface area contributed by atoms with Gasteiger partial charge in [0.1, 0.15) is 0 Å². The minimum atomic E-state index is 0.158. The van der Waals surface area contributed by atoms with Gasteiger partial charge in [0.25, 0.3) is 0 Å². The van der Waals surface area contributed by atoms with Crippen LogP contribution in [0.4, 0.5) is 0 Å². The molecule has 1 unspecified atom stereocenters. The Balaban J connectivity index is 1.63. The highest BCUT2D eigenvalue weighted by Crippen LogP contribution is 2.36. The Kier molecular flexibility index (Phi) is 12.9. The summed E-state index contributed by atoms with van der Waals surface area (Å²) in [7, 11) is 0. The van der Waals surface area contributed by atoms with Crippen molar-refractivity contribution in [3.05, 3.63) is 60.7 Å². The monoisotopic (exact) mass is 534 g/mol. The molecule has 2 aromatic carbocycles. The molecule has 5 nitrogen and oxygen atoms in total. The molecule has 6 heteroatoms. The van der Waals surface area contributed by atoms with Gasteiger partial charge in [0, 0.05) is 35.9 Å². The van der Waals surface area contributed by atoms with Crippen molar-refractivity contribution in [1.29, 1.82) is 0 Å². The van der Waals surface area contributed by atoms with E-state index in [0.29, 0.717) is 6.42 Å². The Morgan fingerprint density at radius 3 is 2.24 bits per heavy atom. The number of unbranched alkanes of at least 4 members (excludes halogenated alkanes) is 1. The number of thioether (sulfide) groups is 1. The Morgan fingerprint density at radius 1 is 0.947 bits per heavy atom. The minimum absolute atomic E-state index is 0.158. The van der Waals surface area contributed by atoms with E-state index in [-0.39, 0.29) is 11.9 Å². The van der Waals surface area contributed by atoms with Crippen molar-refractivity contribution in [1.82, 2.24) is 19.8 Å². The van der Waals surface area contributed by atoms with Crippen molar-refractivity contribution < 1.29 is 4.79 Å². The first-order valence-corrected chi connectivity index (χ1v) is 15.4. The molecule has 0 saturated carbocycles. The van der Waals surface area contributed by atoms with Gasteiger partial charge >= 0.3 is 0 Å². The van der Waals surface area contributed by atoms with Gasteiger partial charge in [-0.05, 0) is 52.2 Å². The Morgan fingerprint density at radius 2 is 1.61 bits per heavy atom. The first-order chi connectivity index (χ1) is 18.6. The molecule has 1 aromatic heterocycles. The van der Waals surface area contributed by atoms with Gasteiger partial charge in [-0.15, -0.1) is 0 Å². The van der Waals surface area contributed by atoms with E-state index in [4.69, 9.17) is 4.98 Å². The van der Waals surface area contributed by atoms with Crippen molar-refractivity contribution in [2.45, 2.75) is 84.0 Å². The summed E-state index contributed by atoms with van der Waals surface area (Å²) in [5.41, 5.74) is 4.55. The highest BCUT2D eigenvalue weighted by atomic mass is 32.2. The highest BCUT2D eigenvalue weighted by Gasteiger charge is 2.20. The molecule has 1 heterocycles. The number of benzene rings is 2. The van der Waals surface area contributed by atoms with Crippen LogP contribution in [0.1, 0.15) is 66.2 Å². The number of imidazole rings is 1. The molecular formula is C32H46N4OS. The number of rotatable bonds is 17. The average molecular weight is 535 g/mol. The molecule has 0 aliphatic rings. The average Bonchev–Trinajstić information content (AvgIpc) is 3.31. The summed E-state index contributed by atoms with van der Waals surface area (Å²) in [6.07, 6.45) is 5.77. The highest BCUT2D eigenvalue weighted by molar-refractivity contribution is 7.99. The summed E-state index contributed by atoms with van der Waals surface area (Å²) in [4.78, 5) is 20.2. The molecule has 3 rings (SSSR count). The molecule has 0 spiro atoms. The molecule has 3 aromatic rings. The van der Waals surface area contributed by atoms with Gasteiger partial charge in [-0.25, -0.2) is 4.98 Å². The standard InChI is InChI=1S/C32H46N4OS/c1-5-8-24-36-31(28-20-13-10-14-21-28)30(27-18-11-9-12-19-27)34-32(36)38-25-16-22-29(37)33-26(4)17-15-23-35(6-2)7-3/h9-14,18-21,26H,5-8,15-17,22-25H2,1-4H3,(H,33,37). The summed E-state index contributed by atoms with van der Waals surface area (Å²) in [5, 5.41) is 4.24. The number of hydrogen-bond donors (Lipinski definition) is 1. The van der Waals surface area contributed by atoms with Crippen LogP contribution in [0.3, 0.4) is 0 Å². The predicted molar refractivity (Wildman–Crippen MR) is 163 cm³/mol. The maximum atomic E-state index is 12.6. The van der Waals surface area contributed by atoms with Gasteiger partial charge in [-0.2, -0.15) is 0 Å². The lowest BCUT2D eigenvalue weighted by Gasteiger charge is -2.19. The van der Waals surface area contributed by atoms with Crippen LogP contribution in [0.25, 0.3) is 22.5 Å². The van der Waals surface area contributed by atoms with Gasteiger partial charge in [0.2, 0.25) is 5.91 Å². The van der Waals surface area contributed by atoms with Crippen molar-refractivity contribution >= 4 is 17.7 Å². The number of carbonyl (C=O) groups excluding carboxylic acids is 1. The third-order valence-corrected chi connectivity index (χ3v) is 8.02. The molecule has 0 fully saturated rings. The summed E-state index contributed by atoms with van der Waals surface area (Å²) >= 11 is 1.77. The molecule has 0 aliphatic heterocycles. The lowest BCUT2D eigenvalue weighted by atomic mass is 10.0. The van der Waals surface area contributed by atoms with E-state index in [1.54, 1.807) is 11.8 Å². The second-order valence-electron chi connectivity index (χ2n) is 9.92. The maximum Gasteiger partial charge on any atom is 0.220 e. The summed E-state index contributed by atoms with van der Waals surface area (Å²) in [5.74, 6) is 1.03. The summed E-state index contributed by atoms with van der Waals surface area (Å²) < 4.78 is 2.39. The van der Waals surface area contributed by atoms with Crippen LogP contribution in [0.15, 0.2) is 65.8 Å². The molecule has 0 radical (unpaired) electrons. The lowest BCUT2D eigenvalue weighted by molar-refractivity contribution is -0.121. The fraction of sp³-hybridized carbons (Fsp3) is 0.500. The van der Waals surface area contributed by atoms with Crippen LogP contribution in [-0.2, 0) is 11.3 Å². The van der Waals surface area contributed by atoms with Gasteiger partial charge in [0.05, 0.1) is 11.4 Å². The van der Waals surface area contributed by atoms with Gasteiger partial charge < -0.3 is 14.8 Å². The van der Waals surface area contributed by atoms with E-state index in [1.165, 1.54) is 11.3 Å². The number of carbonyl (C=O) groups is 1. The second kappa shape index (κ2) is 16.4. The van der Waals surface area contributed by atoms with Crippen LogP contribution in [0.5, 0.6) is 0 Å². The number of amides is 1. The fourth-order valence-electron chi connectivity index (χ4n) is 4.73. The largest absolute Gasteiger partial charge is 0.354 e. The zero-order chi connectivity index (χ0) is 27.2. The fourth-order valence-corrected chi connectivity index (χ4v) is 5.69. The minimum Gasteiger partial charge on any atom is -0.354 e. The van der Waals surface area contributed by atoms with Crippen LogP contribution < -0.4 is 5.32 Å². The second-order valence-corrected chi connectivity index (χ2v) is 11.0. The number of nitrogens with one attached hydrogen (secondary N) is 1. The number of aromatic nitrogens is 2. The predicted octanol–water partition coefficient (Wildman–Crippen LogP) is 7.52. The van der Waals surface area contributed by atoms with Gasteiger partial charge in [0.15, 0.2) is 5.16 Å². The van der Waals surface area contributed by atoms with E-state index in [9.17, 15) is 4.79 Å². The zero-order valence-corrected chi connectivity index (χ0v) is 24.6. The van der Waals surface area contributed by atoms with E-state index in [1.807, 2.05) is 6.07 Å². The third kappa shape index (κ3) is 9.02. The van der Waals surface area contributed by atoms with E-state index in [0.717, 1.165) is 80.4 Å². The maximum absolute atomic E-state index is 12.6. The van der Waals surface area contributed by atoms with E-state index in [2.05, 4.69) is 97.1 Å². The topological polar surface area (TPSA) is 50.2 Å². The molecule has 0 saturated heterocycles. The normalized spacial score (nSPS) is 12.1. The van der Waals surface area contributed by atoms with Crippen molar-refractivity contribution in [3.8, 4) is 22.5 Å². The third-order valence-electron chi connectivity index (χ3n) is 6.95. The smallest absolute Gasteiger partial charge is 0.220 e. The summed E-state index contributed by atoms with van der Waals surface area (Å²) in [6.45, 7) is 13.0. The number of nitrogens with zero attached hydrogens (tertiary/aromatic N) is 3. The first kappa shape index (κ1) is 30.0. The lowest BCUT2D eigenvalue weighted by Crippen LogP contribution is -2.33. The quantitative estimate of drug-likeness (QED) is 0.144. The van der Waals surface area contributed by atoms with Crippen molar-refractivity contribution in [3.63, 3.8) is 0 Å². The van der Waals surface area contributed by atoms with Crippen LogP contribution in [0.2, 0.25) is 0 Å². The van der Waals surface area contributed by atoms with E-state index >= 15 is 0 Å². The van der Waals surface area contributed by atoms with Crippen LogP contribution in [-0.4, -0.2) is 51.8 Å². The Bertz CT molecular complexity index is 1080. The molecule has 0 aliphatic carbocycles. The van der Waals surface area contributed by atoms with Gasteiger partial charge in [-0.1, -0.05) is 99.6 Å². The molecule has 0 bridgehead atoms. The molecule has 38 heavy (non-hydrogen) atoms. The van der Waals surface area contributed by atoms with Crippen LogP contribution >= 0.6 is 11.8 Å². The zero-order valence-electron chi connectivity index (χ0n) is 23.8.